The summed E-state index contributed by atoms with van der Waals surface area (Å²) >= 11 is 1.65. The molecular formula is C21H22N2O3S. The number of rotatable bonds is 6. The van der Waals surface area contributed by atoms with E-state index < -0.39 is 0 Å². The Morgan fingerprint density at radius 1 is 1.30 bits per heavy atom. The van der Waals surface area contributed by atoms with E-state index in [1.54, 1.807) is 29.9 Å². The largest absolute Gasteiger partial charge is 0.496 e. The Morgan fingerprint density at radius 3 is 2.89 bits per heavy atom. The number of fused-ring (bicyclic) bond motifs is 3. The van der Waals surface area contributed by atoms with Gasteiger partial charge in [-0.1, -0.05) is 18.2 Å². The van der Waals surface area contributed by atoms with Crippen LogP contribution in [0.25, 0.3) is 10.2 Å². The van der Waals surface area contributed by atoms with E-state index in [0.717, 1.165) is 40.8 Å². The lowest BCUT2D eigenvalue weighted by molar-refractivity contribution is -0.117. The van der Waals surface area contributed by atoms with Crippen LogP contribution in [0.5, 0.6) is 5.75 Å². The van der Waals surface area contributed by atoms with Crippen LogP contribution in [0.3, 0.4) is 0 Å². The quantitative estimate of drug-likeness (QED) is 0.654. The first-order valence-corrected chi connectivity index (χ1v) is 10.1. The van der Waals surface area contributed by atoms with Gasteiger partial charge in [0.25, 0.3) is 5.56 Å². The number of Topliss-reactive ketones (excluding diaryl/α,β-unsaturated/α-hetero) is 1. The molecule has 0 amide bonds. The predicted molar refractivity (Wildman–Crippen MR) is 107 cm³/mol. The average Bonchev–Trinajstić information content (AvgIpc) is 3.22. The third-order valence-corrected chi connectivity index (χ3v) is 6.32. The van der Waals surface area contributed by atoms with Gasteiger partial charge in [0.15, 0.2) is 0 Å². The lowest BCUT2D eigenvalue weighted by atomic mass is 10.1. The van der Waals surface area contributed by atoms with Crippen molar-refractivity contribution in [2.45, 2.75) is 45.6 Å². The summed E-state index contributed by atoms with van der Waals surface area (Å²) in [6.07, 6.45) is 3.91. The molecule has 0 saturated heterocycles. The average molecular weight is 382 g/mol. The lowest BCUT2D eigenvalue weighted by Gasteiger charge is -2.14. The molecular weight excluding hydrogens is 360 g/mol. The number of carbonyl (C=O) groups is 1. The maximum Gasteiger partial charge on any atom is 0.262 e. The Kier molecular flexibility index (Phi) is 4.83. The highest BCUT2D eigenvalue weighted by Gasteiger charge is 2.23. The Morgan fingerprint density at radius 2 is 2.11 bits per heavy atom. The van der Waals surface area contributed by atoms with Crippen LogP contribution in [-0.4, -0.2) is 22.4 Å². The van der Waals surface area contributed by atoms with Gasteiger partial charge in [-0.25, -0.2) is 4.98 Å². The Bertz CT molecular complexity index is 1080. The van der Waals surface area contributed by atoms with Crippen LogP contribution in [0.2, 0.25) is 0 Å². The van der Waals surface area contributed by atoms with Crippen LogP contribution in [0.15, 0.2) is 29.1 Å². The molecule has 4 rings (SSSR count). The van der Waals surface area contributed by atoms with Crippen LogP contribution in [0, 0.1) is 0 Å². The van der Waals surface area contributed by atoms with Gasteiger partial charge in [-0.15, -0.1) is 11.3 Å². The van der Waals surface area contributed by atoms with Crippen LogP contribution < -0.4 is 10.3 Å². The van der Waals surface area contributed by atoms with E-state index in [1.165, 1.54) is 10.4 Å². The van der Waals surface area contributed by atoms with Gasteiger partial charge in [0, 0.05) is 29.8 Å². The van der Waals surface area contributed by atoms with Crippen LogP contribution in [-0.2, 0) is 30.6 Å². The molecule has 1 aliphatic carbocycles. The summed E-state index contributed by atoms with van der Waals surface area (Å²) in [6.45, 7) is 1.92. The second-order valence-corrected chi connectivity index (χ2v) is 8.05. The smallest absolute Gasteiger partial charge is 0.262 e. The highest BCUT2D eigenvalue weighted by molar-refractivity contribution is 7.18. The van der Waals surface area contributed by atoms with Gasteiger partial charge in [-0.3, -0.25) is 14.2 Å². The van der Waals surface area contributed by atoms with E-state index >= 15 is 0 Å². The highest BCUT2D eigenvalue weighted by atomic mass is 32.1. The minimum Gasteiger partial charge on any atom is -0.496 e. The maximum absolute atomic E-state index is 13.3. The molecule has 5 nitrogen and oxygen atoms in total. The summed E-state index contributed by atoms with van der Waals surface area (Å²) in [5.41, 5.74) is 2.14. The minimum atomic E-state index is -0.00875. The third-order valence-electron chi connectivity index (χ3n) is 5.13. The molecule has 0 radical (unpaired) electrons. The van der Waals surface area contributed by atoms with E-state index in [9.17, 15) is 9.59 Å². The second kappa shape index (κ2) is 7.27. The van der Waals surface area contributed by atoms with Crippen molar-refractivity contribution in [1.29, 1.82) is 0 Å². The monoisotopic (exact) mass is 382 g/mol. The second-order valence-electron chi connectivity index (χ2n) is 6.96. The Labute approximate surface area is 161 Å². The summed E-state index contributed by atoms with van der Waals surface area (Å²) in [6, 6.07) is 7.77. The van der Waals surface area contributed by atoms with Crippen molar-refractivity contribution in [3.05, 3.63) is 56.4 Å². The summed E-state index contributed by atoms with van der Waals surface area (Å²) in [5, 5.41) is 0.764. The molecule has 0 spiro atoms. The topological polar surface area (TPSA) is 61.2 Å². The van der Waals surface area contributed by atoms with Gasteiger partial charge in [0.05, 0.1) is 12.5 Å². The Balaban J connectivity index is 1.86. The van der Waals surface area contributed by atoms with Crippen molar-refractivity contribution in [2.75, 3.05) is 7.11 Å². The molecule has 0 fully saturated rings. The lowest BCUT2D eigenvalue weighted by Crippen LogP contribution is -2.26. The standard InChI is InChI=1S/C21H22N2O3S/c1-13(24)10-11-23-18(12-14-6-3-4-8-16(14)26-2)22-20-19(21(23)25)15-7-5-9-17(15)27-20/h3-4,6,8H,5,7,9-12H2,1-2H3. The zero-order valence-electron chi connectivity index (χ0n) is 15.6. The molecule has 0 aliphatic heterocycles. The van der Waals surface area contributed by atoms with Crippen molar-refractivity contribution >= 4 is 27.3 Å². The number of aromatic nitrogens is 2. The number of aryl methyl sites for hydroxylation is 2. The van der Waals surface area contributed by atoms with E-state index in [0.29, 0.717) is 25.2 Å². The number of ketones is 1. The Hall–Kier alpha value is -2.47. The maximum atomic E-state index is 13.3. The number of carbonyl (C=O) groups excluding carboxylic acids is 1. The molecule has 2 heterocycles. The zero-order chi connectivity index (χ0) is 19.0. The molecule has 2 aromatic heterocycles. The number of ether oxygens (including phenoxy) is 1. The summed E-state index contributed by atoms with van der Waals surface area (Å²) in [4.78, 5) is 31.8. The number of nitrogens with zero attached hydrogens (tertiary/aromatic N) is 2. The normalized spacial score (nSPS) is 13.1. The number of methoxy groups -OCH3 is 1. The molecule has 0 bridgehead atoms. The molecule has 1 aliphatic rings. The molecule has 6 heteroatoms. The first-order valence-electron chi connectivity index (χ1n) is 9.23. The van der Waals surface area contributed by atoms with Crippen molar-refractivity contribution in [2.24, 2.45) is 0 Å². The van der Waals surface area contributed by atoms with Crippen LogP contribution in [0.4, 0.5) is 0 Å². The van der Waals surface area contributed by atoms with Crippen molar-refractivity contribution in [3.8, 4) is 5.75 Å². The summed E-state index contributed by atoms with van der Waals surface area (Å²) in [7, 11) is 1.64. The fourth-order valence-corrected chi connectivity index (χ4v) is 5.04. The van der Waals surface area contributed by atoms with E-state index in [4.69, 9.17) is 9.72 Å². The molecule has 0 N–H and O–H groups in total. The van der Waals surface area contributed by atoms with Gasteiger partial charge in [-0.05, 0) is 37.8 Å². The molecule has 140 valence electrons. The first-order chi connectivity index (χ1) is 13.1. The summed E-state index contributed by atoms with van der Waals surface area (Å²) in [5.74, 6) is 1.54. The fourth-order valence-electron chi connectivity index (χ4n) is 3.77. The third kappa shape index (κ3) is 3.30. The van der Waals surface area contributed by atoms with Crippen LogP contribution in [0.1, 0.15) is 41.6 Å². The van der Waals surface area contributed by atoms with E-state index in [2.05, 4.69) is 0 Å². The zero-order valence-corrected chi connectivity index (χ0v) is 16.4. The van der Waals surface area contributed by atoms with E-state index in [-0.39, 0.29) is 11.3 Å². The number of hydrogen-bond donors (Lipinski definition) is 0. The number of para-hydroxylation sites is 1. The van der Waals surface area contributed by atoms with Crippen LogP contribution >= 0.6 is 11.3 Å². The molecule has 0 atom stereocenters. The fraction of sp³-hybridized carbons (Fsp3) is 0.381. The molecule has 1 aromatic carbocycles. The number of benzene rings is 1. The van der Waals surface area contributed by atoms with Gasteiger partial charge in [-0.2, -0.15) is 0 Å². The van der Waals surface area contributed by atoms with Gasteiger partial charge in [0.1, 0.15) is 22.2 Å². The molecule has 0 saturated carbocycles. The van der Waals surface area contributed by atoms with Crippen molar-refractivity contribution in [1.82, 2.24) is 9.55 Å². The summed E-state index contributed by atoms with van der Waals surface area (Å²) < 4.78 is 7.15. The SMILES string of the molecule is COc1ccccc1Cc1nc2sc3c(c2c(=O)n1CCC(C)=O)CCC3. The first kappa shape index (κ1) is 17.9. The number of thiophene rings is 1. The number of hydrogen-bond acceptors (Lipinski definition) is 5. The highest BCUT2D eigenvalue weighted by Crippen LogP contribution is 2.35. The van der Waals surface area contributed by atoms with Gasteiger partial charge >= 0.3 is 0 Å². The predicted octanol–water partition coefficient (Wildman–Crippen LogP) is 3.53. The van der Waals surface area contributed by atoms with Crippen molar-refractivity contribution in [3.63, 3.8) is 0 Å². The molecule has 0 unspecified atom stereocenters. The van der Waals surface area contributed by atoms with E-state index in [1.807, 2.05) is 24.3 Å². The van der Waals surface area contributed by atoms with Crippen molar-refractivity contribution < 1.29 is 9.53 Å². The molecule has 3 aromatic rings. The van der Waals surface area contributed by atoms with Gasteiger partial charge in [0.2, 0.25) is 0 Å². The molecule has 27 heavy (non-hydrogen) atoms. The van der Waals surface area contributed by atoms with Gasteiger partial charge < -0.3 is 4.74 Å². The minimum absolute atomic E-state index is 0.00875.